The van der Waals surface area contributed by atoms with E-state index in [9.17, 15) is 14.7 Å². The molecule has 6 nitrogen and oxygen atoms in total. The van der Waals surface area contributed by atoms with Gasteiger partial charge in [0.05, 0.1) is 23.2 Å². The molecule has 5 unspecified atom stereocenters. The van der Waals surface area contributed by atoms with Crippen LogP contribution in [0.1, 0.15) is 22.5 Å². The summed E-state index contributed by atoms with van der Waals surface area (Å²) in [4.78, 5) is 37.8. The number of carbonyl (C=O) groups is 2. The SMILES string of the molecule is CN1C(=O)C2C3C=C(C(O)(c4ccccc4)c4ccccn4)C(/C3=C(\c3ccccc3)c3ccccn3)C2C1=O. The lowest BCUT2D eigenvalue weighted by atomic mass is 9.71. The van der Waals surface area contributed by atoms with Gasteiger partial charge >= 0.3 is 0 Å². The Labute approximate surface area is 232 Å². The standard InChI is InChI=1S/C34H27N3O3/c1-37-32(38)29-23-20-24(34(40,22-14-6-3-7-15-22)26-17-9-11-19-36-26)30(31(29)33(37)39)28(23)27(21-12-4-2-5-13-21)25-16-8-10-18-35-25/h2-20,23,29-31,40H,1H3/b28-27+. The smallest absolute Gasteiger partial charge is 0.233 e. The Morgan fingerprint density at radius 3 is 2.05 bits per heavy atom. The Kier molecular flexibility index (Phi) is 5.61. The van der Waals surface area contributed by atoms with E-state index in [2.05, 4.69) is 4.98 Å². The number of aliphatic hydroxyl groups is 1. The minimum absolute atomic E-state index is 0.176. The number of hydrogen-bond donors (Lipinski definition) is 1. The third kappa shape index (κ3) is 3.39. The maximum Gasteiger partial charge on any atom is 0.233 e. The Hall–Kier alpha value is -4.68. The van der Waals surface area contributed by atoms with Crippen molar-refractivity contribution in [3.8, 4) is 0 Å². The zero-order valence-electron chi connectivity index (χ0n) is 21.9. The predicted molar refractivity (Wildman–Crippen MR) is 150 cm³/mol. The Morgan fingerprint density at radius 1 is 0.775 bits per heavy atom. The number of allylic oxidation sites excluding steroid dienone is 2. The van der Waals surface area contributed by atoms with Crippen molar-refractivity contribution < 1.29 is 14.7 Å². The maximum atomic E-state index is 13.7. The summed E-state index contributed by atoms with van der Waals surface area (Å²) in [6.07, 6.45) is 5.44. The molecule has 7 rings (SSSR count). The summed E-state index contributed by atoms with van der Waals surface area (Å²) in [5, 5.41) is 12.8. The molecular formula is C34H27N3O3. The van der Waals surface area contributed by atoms with Gasteiger partial charge in [-0.05, 0) is 46.5 Å². The molecule has 1 saturated carbocycles. The predicted octanol–water partition coefficient (Wildman–Crippen LogP) is 4.63. The van der Waals surface area contributed by atoms with Crippen LogP contribution in [0, 0.1) is 23.7 Å². The molecular weight excluding hydrogens is 498 g/mol. The third-order valence-corrected chi connectivity index (χ3v) is 8.67. The fraction of sp³-hybridized carbons (Fsp3) is 0.176. The van der Waals surface area contributed by atoms with Crippen molar-refractivity contribution in [2.75, 3.05) is 7.05 Å². The van der Waals surface area contributed by atoms with Gasteiger partial charge in [0.1, 0.15) is 0 Å². The number of pyridine rings is 2. The van der Waals surface area contributed by atoms with Gasteiger partial charge in [0.2, 0.25) is 11.8 Å². The number of rotatable bonds is 5. The molecule has 3 heterocycles. The molecule has 196 valence electrons. The van der Waals surface area contributed by atoms with Crippen LogP contribution in [0.2, 0.25) is 0 Å². The number of carbonyl (C=O) groups excluding carboxylic acids is 2. The van der Waals surface area contributed by atoms with Gasteiger partial charge in [-0.1, -0.05) is 78.9 Å². The van der Waals surface area contributed by atoms with E-state index in [4.69, 9.17) is 4.98 Å². The van der Waals surface area contributed by atoms with Crippen LogP contribution in [-0.2, 0) is 15.2 Å². The van der Waals surface area contributed by atoms with Crippen LogP contribution in [0.3, 0.4) is 0 Å². The van der Waals surface area contributed by atoms with Crippen LogP contribution in [-0.4, -0.2) is 38.8 Å². The van der Waals surface area contributed by atoms with Crippen LogP contribution in [0.25, 0.3) is 5.57 Å². The van der Waals surface area contributed by atoms with Crippen molar-refractivity contribution in [2.45, 2.75) is 5.60 Å². The quantitative estimate of drug-likeness (QED) is 0.303. The molecule has 2 bridgehead atoms. The third-order valence-electron chi connectivity index (χ3n) is 8.67. The van der Waals surface area contributed by atoms with Crippen LogP contribution in [0.5, 0.6) is 0 Å². The highest BCUT2D eigenvalue weighted by Crippen LogP contribution is 2.64. The largest absolute Gasteiger partial charge is 0.375 e. The Bertz CT molecular complexity index is 1590. The van der Waals surface area contributed by atoms with Crippen molar-refractivity contribution >= 4 is 17.4 Å². The lowest BCUT2D eigenvalue weighted by Gasteiger charge is -2.36. The highest BCUT2D eigenvalue weighted by atomic mass is 16.3. The number of nitrogens with zero attached hydrogens (tertiary/aromatic N) is 3. The van der Waals surface area contributed by atoms with Crippen LogP contribution in [0.4, 0.5) is 0 Å². The molecule has 5 atom stereocenters. The lowest BCUT2D eigenvalue weighted by Crippen LogP contribution is -2.38. The first-order valence-corrected chi connectivity index (χ1v) is 13.5. The van der Waals surface area contributed by atoms with Gasteiger partial charge in [0, 0.05) is 36.9 Å². The minimum atomic E-state index is -1.60. The average Bonchev–Trinajstić information content (AvgIpc) is 3.62. The Balaban J connectivity index is 1.53. The van der Waals surface area contributed by atoms with E-state index in [-0.39, 0.29) is 17.7 Å². The average molecular weight is 526 g/mol. The summed E-state index contributed by atoms with van der Waals surface area (Å²) in [5.74, 6) is -2.41. The number of fused-ring (bicyclic) bond motifs is 5. The number of aromatic nitrogens is 2. The van der Waals surface area contributed by atoms with Gasteiger partial charge in [-0.25, -0.2) is 0 Å². The summed E-state index contributed by atoms with van der Waals surface area (Å²) >= 11 is 0. The van der Waals surface area contributed by atoms with Gasteiger partial charge in [0.25, 0.3) is 0 Å². The molecule has 1 aliphatic heterocycles. The highest BCUT2D eigenvalue weighted by Gasteiger charge is 2.66. The van der Waals surface area contributed by atoms with Gasteiger partial charge in [-0.3, -0.25) is 24.5 Å². The molecule has 2 fully saturated rings. The maximum absolute atomic E-state index is 13.7. The zero-order valence-corrected chi connectivity index (χ0v) is 21.9. The molecule has 4 aromatic rings. The molecule has 2 amide bonds. The van der Waals surface area contributed by atoms with Gasteiger partial charge < -0.3 is 5.11 Å². The Morgan fingerprint density at radius 2 is 1.40 bits per heavy atom. The molecule has 40 heavy (non-hydrogen) atoms. The monoisotopic (exact) mass is 525 g/mol. The summed E-state index contributed by atoms with van der Waals surface area (Å²) in [7, 11) is 1.56. The highest BCUT2D eigenvalue weighted by molar-refractivity contribution is 6.08. The van der Waals surface area contributed by atoms with Crippen molar-refractivity contribution in [1.82, 2.24) is 14.9 Å². The number of hydrogen-bond acceptors (Lipinski definition) is 5. The van der Waals surface area contributed by atoms with E-state index in [1.807, 2.05) is 103 Å². The van der Waals surface area contributed by atoms with Gasteiger partial charge in [-0.15, -0.1) is 0 Å². The normalized spacial score (nSPS) is 25.9. The molecule has 1 N–H and O–H groups in total. The second-order valence-electron chi connectivity index (χ2n) is 10.6. The number of imide groups is 1. The van der Waals surface area contributed by atoms with E-state index < -0.39 is 23.4 Å². The van der Waals surface area contributed by atoms with Crippen LogP contribution in [0.15, 0.2) is 127 Å². The number of benzene rings is 2. The van der Waals surface area contributed by atoms with Crippen LogP contribution < -0.4 is 0 Å². The number of amides is 2. The molecule has 2 aromatic carbocycles. The second kappa shape index (κ2) is 9.21. The van der Waals surface area contributed by atoms with Crippen molar-refractivity contribution in [3.05, 3.63) is 149 Å². The molecule has 0 radical (unpaired) electrons. The van der Waals surface area contributed by atoms with E-state index in [0.717, 1.165) is 22.4 Å². The molecule has 2 aliphatic carbocycles. The first-order valence-electron chi connectivity index (χ1n) is 13.5. The first kappa shape index (κ1) is 24.4. The van der Waals surface area contributed by atoms with E-state index >= 15 is 0 Å². The second-order valence-corrected chi connectivity index (χ2v) is 10.6. The minimum Gasteiger partial charge on any atom is -0.375 e. The topological polar surface area (TPSA) is 83.4 Å². The van der Waals surface area contributed by atoms with Crippen LogP contribution >= 0.6 is 0 Å². The van der Waals surface area contributed by atoms with Gasteiger partial charge in [0.15, 0.2) is 5.60 Å². The summed E-state index contributed by atoms with van der Waals surface area (Å²) in [6.45, 7) is 0. The number of likely N-dealkylation sites (tertiary alicyclic amines) is 1. The van der Waals surface area contributed by atoms with E-state index in [1.54, 1.807) is 19.4 Å². The van der Waals surface area contributed by atoms with Gasteiger partial charge in [-0.2, -0.15) is 0 Å². The first-order chi connectivity index (χ1) is 19.5. The summed E-state index contributed by atoms with van der Waals surface area (Å²) in [6, 6.07) is 30.7. The fourth-order valence-corrected chi connectivity index (χ4v) is 7.00. The van der Waals surface area contributed by atoms with Crippen molar-refractivity contribution in [1.29, 1.82) is 0 Å². The molecule has 1 saturated heterocycles. The summed E-state index contributed by atoms with van der Waals surface area (Å²) < 4.78 is 0. The molecule has 6 heteroatoms. The van der Waals surface area contributed by atoms with E-state index in [1.165, 1.54) is 4.90 Å². The van der Waals surface area contributed by atoms with Crippen molar-refractivity contribution in [3.63, 3.8) is 0 Å². The molecule has 2 aromatic heterocycles. The molecule has 0 spiro atoms. The molecule has 3 aliphatic rings. The fourth-order valence-electron chi connectivity index (χ4n) is 7.00. The van der Waals surface area contributed by atoms with E-state index in [0.29, 0.717) is 16.8 Å². The summed E-state index contributed by atoms with van der Waals surface area (Å²) in [5.41, 5.74) is 3.78. The zero-order chi connectivity index (χ0) is 27.4. The van der Waals surface area contributed by atoms with Crippen molar-refractivity contribution in [2.24, 2.45) is 23.7 Å². The lowest BCUT2D eigenvalue weighted by molar-refractivity contribution is -0.138.